The van der Waals surface area contributed by atoms with E-state index in [-0.39, 0.29) is 52.0 Å². The minimum atomic E-state index is -1.08. The zero-order valence-corrected chi connectivity index (χ0v) is 22.2. The number of ether oxygens (including phenoxy) is 2. The van der Waals surface area contributed by atoms with Gasteiger partial charge in [-0.2, -0.15) is 0 Å². The van der Waals surface area contributed by atoms with E-state index in [4.69, 9.17) is 21.1 Å². The van der Waals surface area contributed by atoms with E-state index in [1.54, 1.807) is 36.1 Å². The molecule has 0 radical (unpaired) electrons. The smallest absolute Gasteiger partial charge is 0.347 e. The summed E-state index contributed by atoms with van der Waals surface area (Å²) < 4.78 is 24.8. The third kappa shape index (κ3) is 6.57. The predicted octanol–water partition coefficient (Wildman–Crippen LogP) is 5.23. The first-order chi connectivity index (χ1) is 17.6. The van der Waals surface area contributed by atoms with Gasteiger partial charge in [-0.1, -0.05) is 35.1 Å². The van der Waals surface area contributed by atoms with Crippen LogP contribution in [0.4, 0.5) is 4.39 Å². The van der Waals surface area contributed by atoms with Gasteiger partial charge in [0.05, 0.1) is 5.69 Å². The molecule has 3 aromatic rings. The SMILES string of the molecule is Cc1nc(Oc2cc(Cl)ccc2OCC(=O)N2C[C@H](C)N(Cc3ccc(F)cc3)C[C@H]2C)sc1C(=O)O. The number of benzene rings is 2. The lowest BCUT2D eigenvalue weighted by molar-refractivity contribution is -0.139. The number of halogens is 2. The molecule has 37 heavy (non-hydrogen) atoms. The van der Waals surface area contributed by atoms with Gasteiger partial charge in [0.25, 0.3) is 11.1 Å². The van der Waals surface area contributed by atoms with Crippen LogP contribution in [0.25, 0.3) is 0 Å². The van der Waals surface area contributed by atoms with Crippen LogP contribution in [0.5, 0.6) is 16.7 Å². The van der Waals surface area contributed by atoms with Crippen molar-refractivity contribution in [1.82, 2.24) is 14.8 Å². The predicted molar refractivity (Wildman–Crippen MR) is 138 cm³/mol. The standard InChI is InChI=1S/C26H27ClFN3O5S/c1-15-12-31(16(2)11-30(15)13-18-4-7-20(28)8-5-18)23(32)14-35-21-9-6-19(27)10-22(21)36-26-29-17(3)24(37-26)25(33)34/h4-10,15-16H,11-14H2,1-3H3,(H,33,34)/t15-,16+/m0/s1. The minimum Gasteiger partial charge on any atom is -0.480 e. The quantitative estimate of drug-likeness (QED) is 0.412. The molecule has 2 atom stereocenters. The molecule has 11 heteroatoms. The maximum atomic E-state index is 13.2. The van der Waals surface area contributed by atoms with Crippen molar-refractivity contribution in [3.8, 4) is 16.7 Å². The number of piperazine rings is 1. The molecule has 1 N–H and O–H groups in total. The van der Waals surface area contributed by atoms with Gasteiger partial charge in [0.2, 0.25) is 0 Å². The van der Waals surface area contributed by atoms with Gasteiger partial charge in [0.1, 0.15) is 10.7 Å². The highest BCUT2D eigenvalue weighted by Crippen LogP contribution is 2.36. The molecule has 1 fully saturated rings. The highest BCUT2D eigenvalue weighted by molar-refractivity contribution is 7.15. The molecule has 0 bridgehead atoms. The van der Waals surface area contributed by atoms with Crippen molar-refractivity contribution in [3.05, 3.63) is 69.4 Å². The van der Waals surface area contributed by atoms with E-state index in [0.717, 1.165) is 16.9 Å². The van der Waals surface area contributed by atoms with Crippen LogP contribution in [0, 0.1) is 12.7 Å². The molecule has 0 saturated carbocycles. The summed E-state index contributed by atoms with van der Waals surface area (Å²) in [6.07, 6.45) is 0. The topological polar surface area (TPSA) is 92.2 Å². The average Bonchev–Trinajstić information content (AvgIpc) is 3.22. The lowest BCUT2D eigenvalue weighted by Gasteiger charge is -2.44. The first-order valence-corrected chi connectivity index (χ1v) is 12.9. The van der Waals surface area contributed by atoms with Crippen LogP contribution in [-0.2, 0) is 11.3 Å². The van der Waals surface area contributed by atoms with Gasteiger partial charge >= 0.3 is 5.97 Å². The van der Waals surface area contributed by atoms with E-state index in [2.05, 4.69) is 16.8 Å². The van der Waals surface area contributed by atoms with Gasteiger partial charge in [0, 0.05) is 42.8 Å². The molecule has 1 amide bonds. The number of thiazole rings is 1. The zero-order chi connectivity index (χ0) is 26.7. The van der Waals surface area contributed by atoms with E-state index in [1.165, 1.54) is 18.2 Å². The van der Waals surface area contributed by atoms with E-state index in [9.17, 15) is 19.1 Å². The monoisotopic (exact) mass is 547 g/mol. The van der Waals surface area contributed by atoms with Gasteiger partial charge in [0.15, 0.2) is 18.1 Å². The molecular weight excluding hydrogens is 521 g/mol. The Balaban J connectivity index is 1.39. The van der Waals surface area contributed by atoms with Gasteiger partial charge in [-0.25, -0.2) is 14.2 Å². The maximum absolute atomic E-state index is 13.2. The van der Waals surface area contributed by atoms with Crippen molar-refractivity contribution in [3.63, 3.8) is 0 Å². The van der Waals surface area contributed by atoms with E-state index in [0.29, 0.717) is 30.4 Å². The number of carbonyl (C=O) groups excluding carboxylic acids is 1. The van der Waals surface area contributed by atoms with E-state index in [1.807, 2.05) is 6.92 Å². The van der Waals surface area contributed by atoms with Crippen molar-refractivity contribution in [2.24, 2.45) is 0 Å². The Labute approximate surface area is 223 Å². The Bertz CT molecular complexity index is 1290. The molecule has 1 aliphatic rings. The number of aromatic carboxylic acids is 1. The Hall–Kier alpha value is -3.21. The summed E-state index contributed by atoms with van der Waals surface area (Å²) in [4.78, 5) is 32.7. The summed E-state index contributed by atoms with van der Waals surface area (Å²) in [5.74, 6) is -0.990. The molecule has 0 aliphatic carbocycles. The molecule has 2 aromatic carbocycles. The second kappa shape index (κ2) is 11.5. The molecule has 1 aromatic heterocycles. The number of carboxylic acid groups (broad SMARTS) is 1. The molecule has 0 spiro atoms. The van der Waals surface area contributed by atoms with Gasteiger partial charge in [-0.3, -0.25) is 9.69 Å². The van der Waals surface area contributed by atoms with Crippen LogP contribution in [0.3, 0.4) is 0 Å². The summed E-state index contributed by atoms with van der Waals surface area (Å²) in [6, 6.07) is 11.3. The molecular formula is C26H27ClFN3O5S. The van der Waals surface area contributed by atoms with Gasteiger partial charge in [-0.05, 0) is 50.6 Å². The number of carboxylic acids is 1. The van der Waals surface area contributed by atoms with Crippen LogP contribution in [0.15, 0.2) is 42.5 Å². The number of hydrogen-bond acceptors (Lipinski definition) is 7. The Kier molecular flexibility index (Phi) is 8.31. The molecule has 1 saturated heterocycles. The van der Waals surface area contributed by atoms with Crippen molar-refractivity contribution in [2.75, 3.05) is 19.7 Å². The Morgan fingerprint density at radius 1 is 1.14 bits per heavy atom. The lowest BCUT2D eigenvalue weighted by atomic mass is 10.1. The summed E-state index contributed by atoms with van der Waals surface area (Å²) in [6.45, 7) is 7.31. The van der Waals surface area contributed by atoms with E-state index >= 15 is 0 Å². The number of carbonyl (C=O) groups is 2. The van der Waals surface area contributed by atoms with Crippen LogP contribution < -0.4 is 9.47 Å². The van der Waals surface area contributed by atoms with Crippen LogP contribution in [-0.4, -0.2) is 63.5 Å². The van der Waals surface area contributed by atoms with Crippen molar-refractivity contribution < 1.29 is 28.6 Å². The lowest BCUT2D eigenvalue weighted by Crippen LogP contribution is -2.58. The maximum Gasteiger partial charge on any atom is 0.347 e. The average molecular weight is 548 g/mol. The highest BCUT2D eigenvalue weighted by Gasteiger charge is 2.32. The molecule has 2 heterocycles. The molecule has 0 unspecified atom stereocenters. The highest BCUT2D eigenvalue weighted by atomic mass is 35.5. The Morgan fingerprint density at radius 3 is 2.54 bits per heavy atom. The summed E-state index contributed by atoms with van der Waals surface area (Å²) in [5, 5.41) is 9.78. The fraction of sp³-hybridized carbons (Fsp3) is 0.346. The van der Waals surface area contributed by atoms with Crippen molar-refractivity contribution in [2.45, 2.75) is 39.4 Å². The number of rotatable bonds is 8. The van der Waals surface area contributed by atoms with Crippen LogP contribution in [0.1, 0.15) is 34.8 Å². The normalized spacial score (nSPS) is 18.0. The fourth-order valence-electron chi connectivity index (χ4n) is 4.20. The second-order valence-corrected chi connectivity index (χ2v) is 10.4. The summed E-state index contributed by atoms with van der Waals surface area (Å²) >= 11 is 7.02. The van der Waals surface area contributed by atoms with Crippen LogP contribution >= 0.6 is 22.9 Å². The fourth-order valence-corrected chi connectivity index (χ4v) is 5.13. The Morgan fingerprint density at radius 2 is 1.86 bits per heavy atom. The third-order valence-electron chi connectivity index (χ3n) is 6.16. The zero-order valence-electron chi connectivity index (χ0n) is 20.6. The van der Waals surface area contributed by atoms with Gasteiger partial charge in [-0.15, -0.1) is 0 Å². The summed E-state index contributed by atoms with van der Waals surface area (Å²) in [7, 11) is 0. The number of nitrogens with zero attached hydrogens (tertiary/aromatic N) is 3. The van der Waals surface area contributed by atoms with Crippen molar-refractivity contribution >= 4 is 34.8 Å². The molecule has 196 valence electrons. The molecule has 4 rings (SSSR count). The number of aryl methyl sites for hydroxylation is 1. The third-order valence-corrected chi connectivity index (χ3v) is 7.42. The van der Waals surface area contributed by atoms with Crippen molar-refractivity contribution in [1.29, 1.82) is 0 Å². The van der Waals surface area contributed by atoms with E-state index < -0.39 is 5.97 Å². The number of aromatic nitrogens is 1. The molecule has 8 nitrogen and oxygen atoms in total. The number of amides is 1. The number of hydrogen-bond donors (Lipinski definition) is 1. The first-order valence-electron chi connectivity index (χ1n) is 11.7. The first kappa shape index (κ1) is 26.8. The van der Waals surface area contributed by atoms with Gasteiger partial charge < -0.3 is 19.5 Å². The van der Waals surface area contributed by atoms with Crippen LogP contribution in [0.2, 0.25) is 5.02 Å². The largest absolute Gasteiger partial charge is 0.480 e. The minimum absolute atomic E-state index is 0.0404. The second-order valence-electron chi connectivity index (χ2n) is 8.98. The summed E-state index contributed by atoms with van der Waals surface area (Å²) in [5.41, 5.74) is 1.36. The molecule has 1 aliphatic heterocycles.